The number of fused-ring (bicyclic) bond motifs is 1. The van der Waals surface area contributed by atoms with Crippen LogP contribution in [0.2, 0.25) is 0 Å². The van der Waals surface area contributed by atoms with Crippen LogP contribution >= 0.6 is 0 Å². The summed E-state index contributed by atoms with van der Waals surface area (Å²) < 4.78 is 7.20. The number of ether oxygens (including phenoxy) is 1. The molecule has 1 aromatic heterocycles. The summed E-state index contributed by atoms with van der Waals surface area (Å²) in [5.41, 5.74) is 4.12. The molecule has 1 aliphatic heterocycles. The first kappa shape index (κ1) is 11.4. The van der Waals surface area contributed by atoms with Gasteiger partial charge in [0.05, 0.1) is 18.9 Å². The van der Waals surface area contributed by atoms with Crippen LogP contribution in [0.3, 0.4) is 0 Å². The summed E-state index contributed by atoms with van der Waals surface area (Å²) >= 11 is 0. The van der Waals surface area contributed by atoms with E-state index in [1.54, 1.807) is 6.20 Å². The number of rotatable bonds is 3. The number of aromatic nitrogens is 2. The highest BCUT2D eigenvalue weighted by Crippen LogP contribution is 2.27. The molecular weight excluding hydrogens is 228 g/mol. The Hall–Kier alpha value is -1.65. The number of hydrogen-bond donors (Lipinski definition) is 1. The van der Waals surface area contributed by atoms with E-state index in [0.29, 0.717) is 13.2 Å². The highest BCUT2D eigenvalue weighted by molar-refractivity contribution is 5.36. The van der Waals surface area contributed by atoms with E-state index in [1.807, 2.05) is 35.9 Å². The molecule has 2 aromatic rings. The molecule has 2 heterocycles. The quantitative estimate of drug-likeness (QED) is 0.898. The molecule has 3 rings (SSSR count). The van der Waals surface area contributed by atoms with Crippen LogP contribution in [0.1, 0.15) is 35.4 Å². The van der Waals surface area contributed by atoms with Gasteiger partial charge >= 0.3 is 0 Å². The minimum Gasteiger partial charge on any atom is -0.382 e. The molecule has 0 radical (unpaired) electrons. The minimum atomic E-state index is -0.627. The normalized spacial score (nSPS) is 15.7. The lowest BCUT2D eigenvalue weighted by Gasteiger charge is -2.13. The van der Waals surface area contributed by atoms with Gasteiger partial charge in [0.15, 0.2) is 0 Å². The molecule has 94 valence electrons. The summed E-state index contributed by atoms with van der Waals surface area (Å²) in [6.45, 7) is 4.09. The van der Waals surface area contributed by atoms with Crippen molar-refractivity contribution in [3.8, 4) is 0 Å². The van der Waals surface area contributed by atoms with E-state index in [2.05, 4.69) is 5.10 Å². The monoisotopic (exact) mass is 244 g/mol. The molecule has 0 bridgehead atoms. The smallest absolute Gasteiger partial charge is 0.121 e. The van der Waals surface area contributed by atoms with Crippen molar-refractivity contribution in [3.05, 3.63) is 52.8 Å². The van der Waals surface area contributed by atoms with E-state index in [9.17, 15) is 5.11 Å². The van der Waals surface area contributed by atoms with E-state index >= 15 is 0 Å². The Balaban J connectivity index is 1.95. The molecular formula is C14H16N2O2. The lowest BCUT2D eigenvalue weighted by molar-refractivity contribution is 0.134. The Morgan fingerprint density at radius 3 is 3.00 bits per heavy atom. The summed E-state index contributed by atoms with van der Waals surface area (Å²) in [6, 6.07) is 7.89. The first-order valence-electron chi connectivity index (χ1n) is 6.19. The fourth-order valence-corrected chi connectivity index (χ4v) is 2.37. The second-order valence-corrected chi connectivity index (χ2v) is 4.50. The van der Waals surface area contributed by atoms with Crippen molar-refractivity contribution in [2.75, 3.05) is 0 Å². The highest BCUT2D eigenvalue weighted by atomic mass is 16.5. The first-order valence-corrected chi connectivity index (χ1v) is 6.19. The van der Waals surface area contributed by atoms with Crippen LogP contribution in [0.15, 0.2) is 30.5 Å². The fraction of sp³-hybridized carbons (Fsp3) is 0.357. The van der Waals surface area contributed by atoms with Crippen molar-refractivity contribution >= 4 is 0 Å². The Morgan fingerprint density at radius 2 is 2.17 bits per heavy atom. The lowest BCUT2D eigenvalue weighted by atomic mass is 10.0. The van der Waals surface area contributed by atoms with E-state index in [1.165, 1.54) is 11.1 Å². The zero-order chi connectivity index (χ0) is 12.5. The van der Waals surface area contributed by atoms with E-state index in [-0.39, 0.29) is 0 Å². The number of aliphatic hydroxyl groups excluding tert-OH is 1. The van der Waals surface area contributed by atoms with Gasteiger partial charge in [-0.2, -0.15) is 5.10 Å². The first-order chi connectivity index (χ1) is 8.79. The van der Waals surface area contributed by atoms with Crippen molar-refractivity contribution in [2.45, 2.75) is 32.8 Å². The Bertz CT molecular complexity index is 563. The summed E-state index contributed by atoms with van der Waals surface area (Å²) in [5.74, 6) is 0. The predicted octanol–water partition coefficient (Wildman–Crippen LogP) is 2.01. The van der Waals surface area contributed by atoms with Gasteiger partial charge in [0.1, 0.15) is 6.10 Å². The molecule has 4 heteroatoms. The number of nitrogens with zero attached hydrogens (tertiary/aromatic N) is 2. The maximum absolute atomic E-state index is 10.4. The molecule has 1 unspecified atom stereocenters. The largest absolute Gasteiger partial charge is 0.382 e. The standard InChI is InChI=1S/C14H16N2O2/c1-2-16-13(5-6-15-16)14(17)10-3-4-11-8-18-9-12(11)7-10/h3-7,14,17H,2,8-9H2,1H3. The van der Waals surface area contributed by atoms with Gasteiger partial charge in [-0.3, -0.25) is 4.68 Å². The molecule has 0 saturated heterocycles. The molecule has 1 N–H and O–H groups in total. The Kier molecular flexibility index (Phi) is 2.89. The van der Waals surface area contributed by atoms with Gasteiger partial charge in [0, 0.05) is 12.7 Å². The maximum Gasteiger partial charge on any atom is 0.121 e. The Labute approximate surface area is 106 Å². The van der Waals surface area contributed by atoms with Gasteiger partial charge in [0.2, 0.25) is 0 Å². The van der Waals surface area contributed by atoms with Crippen molar-refractivity contribution in [2.24, 2.45) is 0 Å². The van der Waals surface area contributed by atoms with Gasteiger partial charge < -0.3 is 9.84 Å². The van der Waals surface area contributed by atoms with Crippen molar-refractivity contribution in [1.82, 2.24) is 9.78 Å². The van der Waals surface area contributed by atoms with Gasteiger partial charge in [-0.05, 0) is 29.7 Å². The van der Waals surface area contributed by atoms with Crippen molar-refractivity contribution < 1.29 is 9.84 Å². The van der Waals surface area contributed by atoms with E-state index in [4.69, 9.17) is 4.74 Å². The van der Waals surface area contributed by atoms with E-state index < -0.39 is 6.10 Å². The molecule has 1 aromatic carbocycles. The molecule has 1 atom stereocenters. The van der Waals surface area contributed by atoms with Crippen LogP contribution in [0, 0.1) is 0 Å². The second kappa shape index (κ2) is 4.55. The molecule has 4 nitrogen and oxygen atoms in total. The molecule has 0 fully saturated rings. The second-order valence-electron chi connectivity index (χ2n) is 4.50. The van der Waals surface area contributed by atoms with Gasteiger partial charge in [-0.1, -0.05) is 18.2 Å². The average molecular weight is 244 g/mol. The zero-order valence-corrected chi connectivity index (χ0v) is 10.3. The minimum absolute atomic E-state index is 0.627. The third-order valence-corrected chi connectivity index (χ3v) is 3.39. The molecule has 0 aliphatic carbocycles. The van der Waals surface area contributed by atoms with Crippen LogP contribution in [-0.2, 0) is 24.5 Å². The van der Waals surface area contributed by atoms with Gasteiger partial charge in [-0.15, -0.1) is 0 Å². The molecule has 0 saturated carbocycles. The number of aliphatic hydroxyl groups is 1. The van der Waals surface area contributed by atoms with Crippen LogP contribution in [0.4, 0.5) is 0 Å². The third-order valence-electron chi connectivity index (χ3n) is 3.39. The predicted molar refractivity (Wildman–Crippen MR) is 66.9 cm³/mol. The van der Waals surface area contributed by atoms with Crippen molar-refractivity contribution in [3.63, 3.8) is 0 Å². The average Bonchev–Trinajstić information content (AvgIpc) is 3.05. The SMILES string of the molecule is CCn1nccc1C(O)c1ccc2c(c1)COC2. The van der Waals surface area contributed by atoms with Gasteiger partial charge in [0.25, 0.3) is 0 Å². The lowest BCUT2D eigenvalue weighted by Crippen LogP contribution is -2.09. The summed E-state index contributed by atoms with van der Waals surface area (Å²) in [7, 11) is 0. The number of hydrogen-bond acceptors (Lipinski definition) is 3. The molecule has 1 aliphatic rings. The topological polar surface area (TPSA) is 47.3 Å². The zero-order valence-electron chi connectivity index (χ0n) is 10.3. The summed E-state index contributed by atoms with van der Waals surface area (Å²) in [4.78, 5) is 0. The van der Waals surface area contributed by atoms with Crippen LogP contribution in [-0.4, -0.2) is 14.9 Å². The maximum atomic E-state index is 10.4. The third kappa shape index (κ3) is 1.83. The number of benzene rings is 1. The van der Waals surface area contributed by atoms with Crippen LogP contribution < -0.4 is 0 Å². The Morgan fingerprint density at radius 1 is 1.33 bits per heavy atom. The summed E-state index contributed by atoms with van der Waals surface area (Å²) in [6.07, 6.45) is 1.09. The summed E-state index contributed by atoms with van der Waals surface area (Å²) in [5, 5.41) is 14.6. The molecule has 0 spiro atoms. The van der Waals surface area contributed by atoms with Crippen LogP contribution in [0.25, 0.3) is 0 Å². The van der Waals surface area contributed by atoms with Gasteiger partial charge in [-0.25, -0.2) is 0 Å². The number of aryl methyl sites for hydroxylation is 1. The van der Waals surface area contributed by atoms with E-state index in [0.717, 1.165) is 17.8 Å². The van der Waals surface area contributed by atoms with Crippen molar-refractivity contribution in [1.29, 1.82) is 0 Å². The molecule has 18 heavy (non-hydrogen) atoms. The fourth-order valence-electron chi connectivity index (χ4n) is 2.37. The van der Waals surface area contributed by atoms with Crippen LogP contribution in [0.5, 0.6) is 0 Å². The molecule has 0 amide bonds. The highest BCUT2D eigenvalue weighted by Gasteiger charge is 2.18.